The fourth-order valence-corrected chi connectivity index (χ4v) is 5.03. The van der Waals surface area contributed by atoms with Crippen molar-refractivity contribution in [2.45, 2.75) is 10.1 Å². The van der Waals surface area contributed by atoms with Gasteiger partial charge in [0.2, 0.25) is 5.91 Å². The highest BCUT2D eigenvalue weighted by Crippen LogP contribution is 2.24. The summed E-state index contributed by atoms with van der Waals surface area (Å²) >= 11 is 1.27. The molecule has 3 aromatic carbocycles. The molecule has 2 N–H and O–H groups in total. The van der Waals surface area contributed by atoms with E-state index in [-0.39, 0.29) is 16.6 Å². The van der Waals surface area contributed by atoms with E-state index in [1.165, 1.54) is 35.2 Å². The first kappa shape index (κ1) is 22.6. The van der Waals surface area contributed by atoms with Crippen LogP contribution < -0.4 is 9.62 Å². The van der Waals surface area contributed by atoms with E-state index in [0.29, 0.717) is 16.5 Å². The summed E-state index contributed by atoms with van der Waals surface area (Å²) in [6.07, 6.45) is 1.73. The number of para-hydroxylation sites is 1. The van der Waals surface area contributed by atoms with Crippen LogP contribution >= 0.6 is 11.8 Å². The van der Waals surface area contributed by atoms with Crippen molar-refractivity contribution in [1.82, 2.24) is 9.97 Å². The van der Waals surface area contributed by atoms with Crippen molar-refractivity contribution in [1.29, 1.82) is 0 Å². The summed E-state index contributed by atoms with van der Waals surface area (Å²) < 4.78 is 27.2. The maximum absolute atomic E-state index is 13.0. The van der Waals surface area contributed by atoms with Gasteiger partial charge in [0.15, 0.2) is 5.16 Å². The van der Waals surface area contributed by atoms with Gasteiger partial charge in [-0.25, -0.2) is 13.4 Å². The van der Waals surface area contributed by atoms with E-state index in [2.05, 4.69) is 15.3 Å². The number of nitrogens with zero attached hydrogens (tertiary/aromatic N) is 2. The van der Waals surface area contributed by atoms with Crippen molar-refractivity contribution in [2.24, 2.45) is 0 Å². The number of aromatic amines is 1. The molecule has 1 aromatic heterocycles. The van der Waals surface area contributed by atoms with Crippen LogP contribution in [0, 0.1) is 0 Å². The van der Waals surface area contributed by atoms with Gasteiger partial charge in [-0.05, 0) is 35.9 Å². The van der Waals surface area contributed by atoms with Gasteiger partial charge >= 0.3 is 0 Å². The molecular weight excluding hydrogens is 456 g/mol. The highest BCUT2D eigenvalue weighted by Gasteiger charge is 2.21. The number of aromatic nitrogens is 2. The summed E-state index contributed by atoms with van der Waals surface area (Å²) in [5.74, 6) is -0.133. The first-order valence-electron chi connectivity index (χ1n) is 10.1. The number of hydrogen-bond donors (Lipinski definition) is 2. The minimum absolute atomic E-state index is 0.0952. The average Bonchev–Trinajstić information content (AvgIpc) is 3.33. The lowest BCUT2D eigenvalue weighted by Gasteiger charge is -2.19. The topological polar surface area (TPSA) is 95.2 Å². The zero-order chi connectivity index (χ0) is 23.3. The third-order valence-corrected chi connectivity index (χ3v) is 7.54. The molecule has 9 heteroatoms. The van der Waals surface area contributed by atoms with Crippen LogP contribution in [0.25, 0.3) is 11.3 Å². The molecule has 0 aliphatic heterocycles. The lowest BCUT2D eigenvalue weighted by Crippen LogP contribution is -2.26. The number of nitrogens with one attached hydrogen (secondary N) is 2. The van der Waals surface area contributed by atoms with E-state index in [0.717, 1.165) is 11.3 Å². The molecule has 4 aromatic rings. The van der Waals surface area contributed by atoms with Crippen LogP contribution in [0.4, 0.5) is 11.4 Å². The highest BCUT2D eigenvalue weighted by atomic mass is 32.2. The van der Waals surface area contributed by atoms with Crippen molar-refractivity contribution in [3.05, 3.63) is 91.1 Å². The molecule has 0 radical (unpaired) electrons. The molecule has 0 spiro atoms. The molecule has 168 valence electrons. The molecule has 0 unspecified atom stereocenters. The average molecular weight is 479 g/mol. The minimum atomic E-state index is -3.77. The second kappa shape index (κ2) is 9.93. The Hall–Kier alpha value is -3.56. The summed E-state index contributed by atoms with van der Waals surface area (Å²) in [4.78, 5) is 20.0. The van der Waals surface area contributed by atoms with Gasteiger partial charge in [0, 0.05) is 12.7 Å². The number of benzene rings is 3. The Morgan fingerprint density at radius 1 is 1.00 bits per heavy atom. The molecule has 0 atom stereocenters. The summed E-state index contributed by atoms with van der Waals surface area (Å²) in [6, 6.07) is 24.8. The Bertz CT molecular complexity index is 1340. The standard InChI is InChI=1S/C24H22N4O3S2/c1-28(20-12-6-3-7-13-20)33(30,31)21-14-8-11-19(15-21)26-23(29)17-32-24-25-16-22(27-24)18-9-4-2-5-10-18/h2-16H,17H2,1H3,(H,25,27)(H,26,29). The summed E-state index contributed by atoms with van der Waals surface area (Å²) in [7, 11) is -2.27. The second-order valence-corrected chi connectivity index (χ2v) is 10.1. The van der Waals surface area contributed by atoms with Gasteiger partial charge in [0.1, 0.15) is 0 Å². The Morgan fingerprint density at radius 2 is 1.70 bits per heavy atom. The molecule has 0 aliphatic carbocycles. The lowest BCUT2D eigenvalue weighted by atomic mass is 10.2. The fraction of sp³-hybridized carbons (Fsp3) is 0.0833. The molecule has 0 saturated heterocycles. The van der Waals surface area contributed by atoms with Gasteiger partial charge in [-0.2, -0.15) is 0 Å². The number of rotatable bonds is 8. The number of carbonyl (C=O) groups excluding carboxylic acids is 1. The summed E-state index contributed by atoms with van der Waals surface area (Å²) in [5, 5.41) is 3.39. The van der Waals surface area contributed by atoms with E-state index in [9.17, 15) is 13.2 Å². The van der Waals surface area contributed by atoms with Crippen LogP contribution in [0.5, 0.6) is 0 Å². The van der Waals surface area contributed by atoms with Crippen molar-refractivity contribution in [3.8, 4) is 11.3 Å². The van der Waals surface area contributed by atoms with Crippen LogP contribution in [0.3, 0.4) is 0 Å². The van der Waals surface area contributed by atoms with Gasteiger partial charge in [-0.1, -0.05) is 66.4 Å². The van der Waals surface area contributed by atoms with Gasteiger partial charge in [-0.15, -0.1) is 0 Å². The number of anilines is 2. The monoisotopic (exact) mass is 478 g/mol. The molecule has 1 amide bonds. The third-order valence-electron chi connectivity index (χ3n) is 4.87. The molecule has 0 bridgehead atoms. The first-order valence-corrected chi connectivity index (χ1v) is 12.5. The van der Waals surface area contributed by atoms with Crippen LogP contribution in [0.15, 0.2) is 101 Å². The smallest absolute Gasteiger partial charge is 0.264 e. The van der Waals surface area contributed by atoms with Crippen LogP contribution in [-0.2, 0) is 14.8 Å². The van der Waals surface area contributed by atoms with Crippen molar-refractivity contribution in [3.63, 3.8) is 0 Å². The zero-order valence-electron chi connectivity index (χ0n) is 17.8. The minimum Gasteiger partial charge on any atom is -0.333 e. The largest absolute Gasteiger partial charge is 0.333 e. The van der Waals surface area contributed by atoms with Crippen molar-refractivity contribution in [2.75, 3.05) is 22.4 Å². The van der Waals surface area contributed by atoms with Crippen LogP contribution in [0.1, 0.15) is 0 Å². The van der Waals surface area contributed by atoms with E-state index in [1.807, 2.05) is 36.4 Å². The first-order chi connectivity index (χ1) is 15.9. The van der Waals surface area contributed by atoms with Crippen LogP contribution in [-0.4, -0.2) is 37.1 Å². The number of imidazole rings is 1. The van der Waals surface area contributed by atoms with Gasteiger partial charge < -0.3 is 10.3 Å². The second-order valence-electron chi connectivity index (χ2n) is 7.14. The number of amides is 1. The highest BCUT2D eigenvalue weighted by molar-refractivity contribution is 7.99. The lowest BCUT2D eigenvalue weighted by molar-refractivity contribution is -0.113. The maximum Gasteiger partial charge on any atom is 0.264 e. The molecule has 1 heterocycles. The molecule has 33 heavy (non-hydrogen) atoms. The number of H-pyrrole nitrogens is 1. The van der Waals surface area contributed by atoms with Crippen molar-refractivity contribution >= 4 is 39.1 Å². The third kappa shape index (κ3) is 5.44. The predicted octanol–water partition coefficient (Wildman–Crippen LogP) is 4.63. The van der Waals surface area contributed by atoms with Crippen molar-refractivity contribution < 1.29 is 13.2 Å². The SMILES string of the molecule is CN(c1ccccc1)S(=O)(=O)c1cccc(NC(=O)CSc2ncc(-c3ccccc3)[nH]2)c1. The Kier molecular flexibility index (Phi) is 6.81. The fourth-order valence-electron chi connectivity index (χ4n) is 3.14. The Morgan fingerprint density at radius 3 is 2.42 bits per heavy atom. The van der Waals surface area contributed by atoms with E-state index in [4.69, 9.17) is 0 Å². The molecular formula is C24H22N4O3S2. The Labute approximate surface area is 196 Å². The Balaban J connectivity index is 1.39. The molecule has 7 nitrogen and oxygen atoms in total. The quantitative estimate of drug-likeness (QED) is 0.360. The van der Waals surface area contributed by atoms with E-state index < -0.39 is 10.0 Å². The molecule has 0 aliphatic rings. The van der Waals surface area contributed by atoms with Gasteiger partial charge in [-0.3, -0.25) is 9.10 Å². The van der Waals surface area contributed by atoms with E-state index >= 15 is 0 Å². The molecule has 0 saturated carbocycles. The normalized spacial score (nSPS) is 11.2. The summed E-state index contributed by atoms with van der Waals surface area (Å²) in [6.45, 7) is 0. The van der Waals surface area contributed by atoms with E-state index in [1.54, 1.807) is 42.6 Å². The zero-order valence-corrected chi connectivity index (χ0v) is 19.4. The number of hydrogen-bond acceptors (Lipinski definition) is 5. The predicted molar refractivity (Wildman–Crippen MR) is 132 cm³/mol. The molecule has 4 rings (SSSR count). The maximum atomic E-state index is 13.0. The summed E-state index contributed by atoms with van der Waals surface area (Å²) in [5.41, 5.74) is 2.85. The number of sulfonamides is 1. The number of carbonyl (C=O) groups is 1. The van der Waals surface area contributed by atoms with Gasteiger partial charge in [0.05, 0.1) is 28.2 Å². The molecule has 0 fully saturated rings. The van der Waals surface area contributed by atoms with Gasteiger partial charge in [0.25, 0.3) is 10.0 Å². The van der Waals surface area contributed by atoms with Crippen LogP contribution in [0.2, 0.25) is 0 Å². The number of thioether (sulfide) groups is 1.